The molecule has 1 aromatic heterocycles. The van der Waals surface area contributed by atoms with Gasteiger partial charge in [0.05, 0.1) is 5.56 Å². The number of aromatic carboxylic acids is 1. The summed E-state index contributed by atoms with van der Waals surface area (Å²) in [5.74, 6) is -0.881. The van der Waals surface area contributed by atoms with Gasteiger partial charge in [-0.1, -0.05) is 18.2 Å². The summed E-state index contributed by atoms with van der Waals surface area (Å²) >= 11 is 5.59. The number of anilines is 1. The minimum Gasteiger partial charge on any atom is -0.478 e. The van der Waals surface area contributed by atoms with Crippen molar-refractivity contribution in [2.75, 3.05) is 5.73 Å². The van der Waals surface area contributed by atoms with Crippen molar-refractivity contribution in [2.45, 2.75) is 0 Å². The van der Waals surface area contributed by atoms with Crippen LogP contribution in [0.1, 0.15) is 10.4 Å². The van der Waals surface area contributed by atoms with Gasteiger partial charge in [-0.15, -0.1) is 0 Å². The zero-order valence-electron chi connectivity index (χ0n) is 8.59. The first-order valence-electron chi connectivity index (χ1n) is 4.70. The van der Waals surface area contributed by atoms with E-state index >= 15 is 0 Å². The summed E-state index contributed by atoms with van der Waals surface area (Å²) in [5, 5.41) is 9.09. The van der Waals surface area contributed by atoms with E-state index in [1.807, 2.05) is 0 Å². The lowest BCUT2D eigenvalue weighted by Crippen LogP contribution is -2.02. The molecule has 2 rings (SSSR count). The minimum atomic E-state index is -1.03. The molecule has 1 heterocycles. The number of hydrogen-bond acceptors (Lipinski definition) is 4. The molecule has 5 nitrogen and oxygen atoms in total. The van der Waals surface area contributed by atoms with Crippen LogP contribution in [0.2, 0.25) is 5.28 Å². The molecule has 3 N–H and O–H groups in total. The molecule has 0 aliphatic carbocycles. The van der Waals surface area contributed by atoms with E-state index in [-0.39, 0.29) is 16.7 Å². The second kappa shape index (κ2) is 4.39. The van der Waals surface area contributed by atoms with Crippen molar-refractivity contribution in [1.29, 1.82) is 0 Å². The SMILES string of the molecule is Nc1nc(Cl)ncc1-c1ccccc1C(=O)O. The summed E-state index contributed by atoms with van der Waals surface area (Å²) in [6.07, 6.45) is 1.41. The second-order valence-corrected chi connectivity index (χ2v) is 3.63. The first-order valence-corrected chi connectivity index (χ1v) is 5.08. The molecular formula is C11H8ClN3O2. The summed E-state index contributed by atoms with van der Waals surface area (Å²) in [5.41, 5.74) is 6.76. The molecule has 0 spiro atoms. The molecule has 0 saturated carbocycles. The normalized spacial score (nSPS) is 10.2. The zero-order valence-corrected chi connectivity index (χ0v) is 9.35. The summed E-state index contributed by atoms with van der Waals surface area (Å²) in [4.78, 5) is 18.7. The minimum absolute atomic E-state index is 0.0269. The molecule has 0 unspecified atom stereocenters. The Kier molecular flexibility index (Phi) is 2.93. The van der Waals surface area contributed by atoms with Gasteiger partial charge in [0.15, 0.2) is 0 Å². The highest BCUT2D eigenvalue weighted by Gasteiger charge is 2.14. The molecule has 0 aliphatic rings. The molecule has 1 aromatic carbocycles. The molecular weight excluding hydrogens is 242 g/mol. The first-order chi connectivity index (χ1) is 8.09. The van der Waals surface area contributed by atoms with Crippen molar-refractivity contribution in [3.05, 3.63) is 41.3 Å². The van der Waals surface area contributed by atoms with Gasteiger partial charge in [0, 0.05) is 17.3 Å². The van der Waals surface area contributed by atoms with Crippen molar-refractivity contribution in [3.63, 3.8) is 0 Å². The van der Waals surface area contributed by atoms with Crippen molar-refractivity contribution in [3.8, 4) is 11.1 Å². The van der Waals surface area contributed by atoms with Crippen LogP contribution in [0.4, 0.5) is 5.82 Å². The number of nitrogens with zero attached hydrogens (tertiary/aromatic N) is 2. The Morgan fingerprint density at radius 3 is 2.65 bits per heavy atom. The Labute approximate surface area is 102 Å². The third-order valence-electron chi connectivity index (χ3n) is 2.24. The van der Waals surface area contributed by atoms with Gasteiger partial charge in [-0.25, -0.2) is 14.8 Å². The van der Waals surface area contributed by atoms with Crippen LogP contribution in [0.15, 0.2) is 30.5 Å². The third-order valence-corrected chi connectivity index (χ3v) is 2.42. The van der Waals surface area contributed by atoms with Crippen LogP contribution in [-0.4, -0.2) is 21.0 Å². The summed E-state index contributed by atoms with van der Waals surface area (Å²) in [6.45, 7) is 0. The molecule has 0 radical (unpaired) electrons. The highest BCUT2D eigenvalue weighted by molar-refractivity contribution is 6.28. The van der Waals surface area contributed by atoms with E-state index in [9.17, 15) is 4.79 Å². The number of carboxylic acid groups (broad SMARTS) is 1. The largest absolute Gasteiger partial charge is 0.478 e. The maximum Gasteiger partial charge on any atom is 0.336 e. The quantitative estimate of drug-likeness (QED) is 0.796. The molecule has 0 atom stereocenters. The standard InChI is InChI=1S/C11H8ClN3O2/c12-11-14-5-8(9(13)15-11)6-3-1-2-4-7(6)10(16)17/h1-5H,(H,16,17)(H2,13,14,15). The van der Waals surface area contributed by atoms with Gasteiger partial charge in [-0.2, -0.15) is 0 Å². The zero-order chi connectivity index (χ0) is 12.4. The number of hydrogen-bond donors (Lipinski definition) is 2. The van der Waals surface area contributed by atoms with Crippen LogP contribution in [0.25, 0.3) is 11.1 Å². The van der Waals surface area contributed by atoms with Crippen LogP contribution >= 0.6 is 11.6 Å². The number of benzene rings is 1. The average Bonchev–Trinajstić information content (AvgIpc) is 2.29. The number of halogens is 1. The number of nitrogens with two attached hydrogens (primary N) is 1. The smallest absolute Gasteiger partial charge is 0.336 e. The molecule has 0 saturated heterocycles. The summed E-state index contributed by atoms with van der Waals surface area (Å²) in [7, 11) is 0. The molecule has 0 fully saturated rings. The average molecular weight is 250 g/mol. The fourth-order valence-electron chi connectivity index (χ4n) is 1.48. The predicted molar refractivity (Wildman–Crippen MR) is 63.8 cm³/mol. The highest BCUT2D eigenvalue weighted by Crippen LogP contribution is 2.27. The van der Waals surface area contributed by atoms with Crippen molar-refractivity contribution < 1.29 is 9.90 Å². The van der Waals surface area contributed by atoms with Gasteiger partial charge >= 0.3 is 5.97 Å². The third kappa shape index (κ3) is 2.19. The number of carbonyl (C=O) groups is 1. The molecule has 86 valence electrons. The Morgan fingerprint density at radius 1 is 1.29 bits per heavy atom. The van der Waals surface area contributed by atoms with Crippen molar-refractivity contribution in [1.82, 2.24) is 9.97 Å². The topological polar surface area (TPSA) is 89.1 Å². The molecule has 17 heavy (non-hydrogen) atoms. The van der Waals surface area contributed by atoms with Crippen LogP contribution < -0.4 is 5.73 Å². The Hall–Kier alpha value is -2.14. The Morgan fingerprint density at radius 2 is 2.00 bits per heavy atom. The van der Waals surface area contributed by atoms with Crippen LogP contribution in [-0.2, 0) is 0 Å². The summed E-state index contributed by atoms with van der Waals surface area (Å²) in [6, 6.07) is 6.49. The van der Waals surface area contributed by atoms with E-state index in [0.717, 1.165) is 0 Å². The van der Waals surface area contributed by atoms with Crippen molar-refractivity contribution in [2.24, 2.45) is 0 Å². The molecule has 6 heteroatoms. The number of aromatic nitrogens is 2. The van der Waals surface area contributed by atoms with Gasteiger partial charge in [0.25, 0.3) is 0 Å². The maximum atomic E-state index is 11.1. The Balaban J connectivity index is 2.64. The van der Waals surface area contributed by atoms with Crippen LogP contribution in [0.5, 0.6) is 0 Å². The molecule has 2 aromatic rings. The van der Waals surface area contributed by atoms with E-state index in [1.165, 1.54) is 12.3 Å². The van der Waals surface area contributed by atoms with Gasteiger partial charge in [0.2, 0.25) is 5.28 Å². The highest BCUT2D eigenvalue weighted by atomic mass is 35.5. The fourth-order valence-corrected chi connectivity index (χ4v) is 1.62. The number of carboxylic acids is 1. The van der Waals surface area contributed by atoms with Crippen LogP contribution in [0, 0.1) is 0 Å². The lowest BCUT2D eigenvalue weighted by molar-refractivity contribution is 0.0698. The van der Waals surface area contributed by atoms with Gasteiger partial charge in [-0.3, -0.25) is 0 Å². The fraction of sp³-hybridized carbons (Fsp3) is 0. The molecule has 0 amide bonds. The van der Waals surface area contributed by atoms with E-state index in [2.05, 4.69) is 9.97 Å². The van der Waals surface area contributed by atoms with Gasteiger partial charge < -0.3 is 10.8 Å². The first kappa shape index (κ1) is 11.3. The van der Waals surface area contributed by atoms with E-state index in [1.54, 1.807) is 18.2 Å². The van der Waals surface area contributed by atoms with Crippen molar-refractivity contribution >= 4 is 23.4 Å². The van der Waals surface area contributed by atoms with Crippen LogP contribution in [0.3, 0.4) is 0 Å². The predicted octanol–water partition coefficient (Wildman–Crippen LogP) is 2.08. The lowest BCUT2D eigenvalue weighted by Gasteiger charge is -2.07. The van der Waals surface area contributed by atoms with Gasteiger partial charge in [-0.05, 0) is 17.7 Å². The molecule has 0 aliphatic heterocycles. The lowest BCUT2D eigenvalue weighted by atomic mass is 10.0. The van der Waals surface area contributed by atoms with Gasteiger partial charge in [0.1, 0.15) is 5.82 Å². The van der Waals surface area contributed by atoms with E-state index in [4.69, 9.17) is 22.4 Å². The maximum absolute atomic E-state index is 11.1. The number of rotatable bonds is 2. The summed E-state index contributed by atoms with van der Waals surface area (Å²) < 4.78 is 0. The second-order valence-electron chi connectivity index (χ2n) is 3.29. The van der Waals surface area contributed by atoms with E-state index < -0.39 is 5.97 Å². The monoisotopic (exact) mass is 249 g/mol. The number of nitrogen functional groups attached to an aromatic ring is 1. The Bertz CT molecular complexity index is 587. The van der Waals surface area contributed by atoms with E-state index in [0.29, 0.717) is 11.1 Å². The molecule has 0 bridgehead atoms.